The van der Waals surface area contributed by atoms with Gasteiger partial charge in [0.05, 0.1) is 18.9 Å². The SMILES string of the molecule is COc1ccc(CN2CCc3nc4cc(C)[nH]n4c(=O)c3CC2)cc1OC(C)C. The largest absolute Gasteiger partial charge is 0.493 e. The molecule has 1 aliphatic rings. The highest BCUT2D eigenvalue weighted by Gasteiger charge is 2.20. The molecule has 29 heavy (non-hydrogen) atoms. The number of benzene rings is 1. The molecule has 0 amide bonds. The molecule has 7 nitrogen and oxygen atoms in total. The highest BCUT2D eigenvalue weighted by atomic mass is 16.5. The zero-order valence-corrected chi connectivity index (χ0v) is 17.5. The first-order chi connectivity index (χ1) is 13.9. The van der Waals surface area contributed by atoms with Crippen molar-refractivity contribution in [1.82, 2.24) is 19.5 Å². The average molecular weight is 396 g/mol. The number of nitrogens with zero attached hydrogens (tertiary/aromatic N) is 3. The number of aryl methyl sites for hydroxylation is 1. The lowest BCUT2D eigenvalue weighted by Gasteiger charge is -2.21. The number of rotatable bonds is 5. The fourth-order valence-electron chi connectivity index (χ4n) is 3.91. The lowest BCUT2D eigenvalue weighted by atomic mass is 10.1. The van der Waals surface area contributed by atoms with Crippen LogP contribution in [0.5, 0.6) is 11.5 Å². The van der Waals surface area contributed by atoms with E-state index in [2.05, 4.69) is 22.1 Å². The van der Waals surface area contributed by atoms with Crippen molar-refractivity contribution in [2.75, 3.05) is 20.2 Å². The molecule has 3 aromatic rings. The lowest BCUT2D eigenvalue weighted by Crippen LogP contribution is -2.26. The summed E-state index contributed by atoms with van der Waals surface area (Å²) >= 11 is 0. The maximum atomic E-state index is 12.9. The first kappa shape index (κ1) is 19.5. The van der Waals surface area contributed by atoms with Crippen LogP contribution in [-0.2, 0) is 19.4 Å². The van der Waals surface area contributed by atoms with Crippen LogP contribution in [0.2, 0.25) is 0 Å². The Labute approximate surface area is 170 Å². The van der Waals surface area contributed by atoms with Gasteiger partial charge in [-0.2, -0.15) is 0 Å². The minimum absolute atomic E-state index is 0.0250. The van der Waals surface area contributed by atoms with E-state index in [1.807, 2.05) is 32.9 Å². The van der Waals surface area contributed by atoms with Crippen LogP contribution in [-0.4, -0.2) is 45.8 Å². The number of aromatic amines is 1. The Kier molecular flexibility index (Phi) is 5.32. The maximum Gasteiger partial charge on any atom is 0.276 e. The van der Waals surface area contributed by atoms with E-state index >= 15 is 0 Å². The van der Waals surface area contributed by atoms with Gasteiger partial charge in [-0.25, -0.2) is 9.50 Å². The van der Waals surface area contributed by atoms with Gasteiger partial charge in [0, 0.05) is 43.4 Å². The van der Waals surface area contributed by atoms with Gasteiger partial charge in [0.15, 0.2) is 17.1 Å². The Morgan fingerprint density at radius 2 is 1.97 bits per heavy atom. The molecule has 0 bridgehead atoms. The predicted octanol–water partition coefficient (Wildman–Crippen LogP) is 2.73. The average Bonchev–Trinajstić information content (AvgIpc) is 2.93. The van der Waals surface area contributed by atoms with Gasteiger partial charge in [-0.05, 0) is 44.9 Å². The third-order valence-corrected chi connectivity index (χ3v) is 5.26. The van der Waals surface area contributed by atoms with E-state index in [0.29, 0.717) is 12.1 Å². The number of methoxy groups -OCH3 is 1. The van der Waals surface area contributed by atoms with Gasteiger partial charge in [0.25, 0.3) is 5.56 Å². The molecule has 154 valence electrons. The van der Waals surface area contributed by atoms with Crippen LogP contribution in [0.3, 0.4) is 0 Å². The molecule has 0 spiro atoms. The van der Waals surface area contributed by atoms with E-state index in [4.69, 9.17) is 14.5 Å². The Hall–Kier alpha value is -2.80. The summed E-state index contributed by atoms with van der Waals surface area (Å²) in [5.74, 6) is 1.51. The molecule has 0 fully saturated rings. The highest BCUT2D eigenvalue weighted by molar-refractivity contribution is 5.43. The van der Waals surface area contributed by atoms with Crippen LogP contribution in [0.1, 0.15) is 36.4 Å². The summed E-state index contributed by atoms with van der Waals surface area (Å²) in [6, 6.07) is 8.00. The molecule has 3 heterocycles. The summed E-state index contributed by atoms with van der Waals surface area (Å²) in [7, 11) is 1.66. The first-order valence-corrected chi connectivity index (χ1v) is 10.1. The van der Waals surface area contributed by atoms with E-state index in [1.54, 1.807) is 11.6 Å². The van der Waals surface area contributed by atoms with Crippen molar-refractivity contribution in [2.45, 2.75) is 46.3 Å². The summed E-state index contributed by atoms with van der Waals surface area (Å²) < 4.78 is 12.9. The van der Waals surface area contributed by atoms with Gasteiger partial charge < -0.3 is 9.47 Å². The normalized spacial score (nSPS) is 14.8. The predicted molar refractivity (Wildman–Crippen MR) is 112 cm³/mol. The third-order valence-electron chi connectivity index (χ3n) is 5.26. The summed E-state index contributed by atoms with van der Waals surface area (Å²) in [6.45, 7) is 8.44. The number of hydrogen-bond acceptors (Lipinski definition) is 5. The molecular formula is C22H28N4O3. The quantitative estimate of drug-likeness (QED) is 0.718. The Morgan fingerprint density at radius 3 is 2.72 bits per heavy atom. The van der Waals surface area contributed by atoms with E-state index in [1.165, 1.54) is 5.56 Å². The van der Waals surface area contributed by atoms with Crippen molar-refractivity contribution in [3.8, 4) is 11.5 Å². The van der Waals surface area contributed by atoms with Crippen molar-refractivity contribution < 1.29 is 9.47 Å². The molecule has 0 aliphatic carbocycles. The molecule has 7 heteroatoms. The second-order valence-electron chi connectivity index (χ2n) is 7.90. The molecule has 1 N–H and O–H groups in total. The van der Waals surface area contributed by atoms with Crippen LogP contribution < -0.4 is 15.0 Å². The number of hydrogen-bond donors (Lipinski definition) is 1. The van der Waals surface area contributed by atoms with E-state index < -0.39 is 0 Å². The first-order valence-electron chi connectivity index (χ1n) is 10.1. The molecule has 4 rings (SSSR count). The molecule has 0 saturated heterocycles. The van der Waals surface area contributed by atoms with Gasteiger partial charge in [-0.1, -0.05) is 6.07 Å². The fourth-order valence-corrected chi connectivity index (χ4v) is 3.91. The summed E-state index contributed by atoms with van der Waals surface area (Å²) in [5, 5.41) is 3.08. The molecule has 2 aromatic heterocycles. The fraction of sp³-hybridized carbons (Fsp3) is 0.455. The van der Waals surface area contributed by atoms with E-state index in [0.717, 1.165) is 54.5 Å². The molecule has 0 saturated carbocycles. The molecule has 1 aromatic carbocycles. The van der Waals surface area contributed by atoms with Crippen molar-refractivity contribution in [1.29, 1.82) is 0 Å². The zero-order chi connectivity index (χ0) is 20.5. The number of nitrogens with one attached hydrogen (secondary N) is 1. The lowest BCUT2D eigenvalue weighted by molar-refractivity contribution is 0.228. The van der Waals surface area contributed by atoms with Crippen LogP contribution in [0, 0.1) is 6.92 Å². The van der Waals surface area contributed by atoms with Gasteiger partial charge in [-0.3, -0.25) is 14.8 Å². The van der Waals surface area contributed by atoms with Gasteiger partial charge in [0.1, 0.15) is 0 Å². The molecule has 0 radical (unpaired) electrons. The monoisotopic (exact) mass is 396 g/mol. The van der Waals surface area contributed by atoms with Crippen LogP contribution in [0.15, 0.2) is 29.1 Å². The summed E-state index contributed by atoms with van der Waals surface area (Å²) in [5.41, 5.74) is 4.58. The Bertz CT molecular complexity index is 1080. The zero-order valence-electron chi connectivity index (χ0n) is 17.5. The molecular weight excluding hydrogens is 368 g/mol. The molecule has 1 aliphatic heterocycles. The van der Waals surface area contributed by atoms with Crippen molar-refractivity contribution in [3.05, 3.63) is 57.1 Å². The Balaban J connectivity index is 1.53. The summed E-state index contributed by atoms with van der Waals surface area (Å²) in [4.78, 5) is 20.0. The van der Waals surface area contributed by atoms with Crippen LogP contribution >= 0.6 is 0 Å². The third kappa shape index (κ3) is 4.00. The van der Waals surface area contributed by atoms with Crippen LogP contribution in [0.4, 0.5) is 0 Å². The second kappa shape index (κ2) is 7.91. The number of aromatic nitrogens is 3. The molecule has 0 atom stereocenters. The standard InChI is InChI=1S/C22H28N4O3/c1-14(2)29-20-12-16(5-6-19(20)28-4)13-25-9-7-17-18(8-10-25)23-21-11-15(3)24-26(21)22(17)27/h5-6,11-12,14,24H,7-10,13H2,1-4H3. The van der Waals surface area contributed by atoms with Crippen molar-refractivity contribution in [2.24, 2.45) is 0 Å². The van der Waals surface area contributed by atoms with E-state index in [-0.39, 0.29) is 11.7 Å². The van der Waals surface area contributed by atoms with Crippen molar-refractivity contribution in [3.63, 3.8) is 0 Å². The maximum absolute atomic E-state index is 12.9. The smallest absolute Gasteiger partial charge is 0.276 e. The minimum atomic E-state index is 0.0250. The van der Waals surface area contributed by atoms with E-state index in [9.17, 15) is 4.79 Å². The second-order valence-corrected chi connectivity index (χ2v) is 7.90. The highest BCUT2D eigenvalue weighted by Crippen LogP contribution is 2.29. The van der Waals surface area contributed by atoms with Gasteiger partial charge in [0.2, 0.25) is 0 Å². The van der Waals surface area contributed by atoms with Crippen LogP contribution in [0.25, 0.3) is 5.65 Å². The summed E-state index contributed by atoms with van der Waals surface area (Å²) in [6.07, 6.45) is 1.56. The topological polar surface area (TPSA) is 71.9 Å². The number of ether oxygens (including phenoxy) is 2. The van der Waals surface area contributed by atoms with Crippen molar-refractivity contribution >= 4 is 5.65 Å². The molecule has 0 unspecified atom stereocenters. The number of fused-ring (bicyclic) bond motifs is 2. The van der Waals surface area contributed by atoms with Gasteiger partial charge >= 0.3 is 0 Å². The minimum Gasteiger partial charge on any atom is -0.493 e. The van der Waals surface area contributed by atoms with Gasteiger partial charge in [-0.15, -0.1) is 0 Å². The Morgan fingerprint density at radius 1 is 1.17 bits per heavy atom. The number of H-pyrrole nitrogens is 1.